The monoisotopic (exact) mass is 324 g/mol. The first-order chi connectivity index (χ1) is 11.2. The number of thioether (sulfide) groups is 1. The van der Waals surface area contributed by atoms with Gasteiger partial charge in [0.05, 0.1) is 11.9 Å². The molecular formula is C15H12N6OS. The van der Waals surface area contributed by atoms with E-state index in [1.54, 1.807) is 0 Å². The quantitative estimate of drug-likeness (QED) is 0.575. The third kappa shape index (κ3) is 3.46. The van der Waals surface area contributed by atoms with Gasteiger partial charge in [-0.1, -0.05) is 34.6 Å². The summed E-state index contributed by atoms with van der Waals surface area (Å²) >= 11 is 1.32. The molecule has 0 aliphatic rings. The van der Waals surface area contributed by atoms with Crippen LogP contribution in [0.1, 0.15) is 17.0 Å². The smallest absolute Gasteiger partial charge is 0.257 e. The van der Waals surface area contributed by atoms with E-state index in [1.165, 1.54) is 23.5 Å². The van der Waals surface area contributed by atoms with Gasteiger partial charge in [-0.05, 0) is 19.1 Å². The molecule has 0 bridgehead atoms. The topological polar surface area (TPSA) is 115 Å². The van der Waals surface area contributed by atoms with Gasteiger partial charge < -0.3 is 10.3 Å². The molecule has 0 aliphatic heterocycles. The summed E-state index contributed by atoms with van der Waals surface area (Å²) in [7, 11) is 0. The Morgan fingerprint density at radius 3 is 2.74 bits per heavy atom. The molecule has 3 rings (SSSR count). The molecule has 7 nitrogen and oxygen atoms in total. The summed E-state index contributed by atoms with van der Waals surface area (Å²) in [6.45, 7) is 2.02. The van der Waals surface area contributed by atoms with Crippen LogP contribution in [-0.2, 0) is 5.75 Å². The second kappa shape index (κ2) is 6.46. The Labute approximate surface area is 136 Å². The Bertz CT molecular complexity index is 868. The molecule has 114 valence electrons. The van der Waals surface area contributed by atoms with Crippen LogP contribution < -0.4 is 5.73 Å². The average molecular weight is 324 g/mol. The van der Waals surface area contributed by atoms with Crippen LogP contribution in [0.3, 0.4) is 0 Å². The van der Waals surface area contributed by atoms with Gasteiger partial charge in [-0.2, -0.15) is 10.2 Å². The summed E-state index contributed by atoms with van der Waals surface area (Å²) in [4.78, 5) is 12.5. The van der Waals surface area contributed by atoms with Crippen molar-refractivity contribution in [3.63, 3.8) is 0 Å². The second-order valence-corrected chi connectivity index (χ2v) is 5.68. The number of hydrogen-bond acceptors (Lipinski definition) is 8. The molecule has 0 atom stereocenters. The Balaban J connectivity index is 1.69. The van der Waals surface area contributed by atoms with Crippen LogP contribution in [0.15, 0.2) is 40.1 Å². The number of aryl methyl sites for hydroxylation is 1. The predicted octanol–water partition coefficient (Wildman–Crippen LogP) is 2.58. The lowest BCUT2D eigenvalue weighted by Gasteiger charge is -1.99. The van der Waals surface area contributed by atoms with E-state index >= 15 is 0 Å². The Morgan fingerprint density at radius 1 is 1.26 bits per heavy atom. The molecule has 0 saturated carbocycles. The van der Waals surface area contributed by atoms with Gasteiger partial charge >= 0.3 is 0 Å². The van der Waals surface area contributed by atoms with Gasteiger partial charge in [0.2, 0.25) is 0 Å². The molecule has 0 saturated heterocycles. The summed E-state index contributed by atoms with van der Waals surface area (Å²) < 4.78 is 5.26. The molecule has 0 unspecified atom stereocenters. The van der Waals surface area contributed by atoms with Crippen molar-refractivity contribution in [2.45, 2.75) is 17.8 Å². The standard InChI is InChI=1S/C15H12N6OS/c1-9-2-4-10(5-3-9)14-19-12(21-22-14)8-23-15-18-7-11(6-16)13(17)20-15/h2-5,7H,8H2,1H3,(H2,17,18,20). The first-order valence-electron chi connectivity index (χ1n) is 6.71. The summed E-state index contributed by atoms with van der Waals surface area (Å²) in [5, 5.41) is 13.2. The lowest BCUT2D eigenvalue weighted by molar-refractivity contribution is 0.425. The van der Waals surface area contributed by atoms with Crippen LogP contribution in [0.4, 0.5) is 5.82 Å². The fourth-order valence-corrected chi connectivity index (χ4v) is 2.45. The first kappa shape index (κ1) is 15.0. The van der Waals surface area contributed by atoms with Crippen molar-refractivity contribution < 1.29 is 4.52 Å². The van der Waals surface area contributed by atoms with Gasteiger partial charge in [0.15, 0.2) is 11.0 Å². The normalized spacial score (nSPS) is 10.4. The number of rotatable bonds is 4. The zero-order valence-electron chi connectivity index (χ0n) is 12.2. The van der Waals surface area contributed by atoms with E-state index in [1.807, 2.05) is 37.3 Å². The molecule has 2 heterocycles. The third-order valence-corrected chi connectivity index (χ3v) is 3.87. The van der Waals surface area contributed by atoms with Crippen molar-refractivity contribution in [1.29, 1.82) is 5.26 Å². The maximum Gasteiger partial charge on any atom is 0.257 e. The van der Waals surface area contributed by atoms with E-state index in [0.717, 1.165) is 5.56 Å². The lowest BCUT2D eigenvalue weighted by Crippen LogP contribution is -1.98. The summed E-state index contributed by atoms with van der Waals surface area (Å²) in [6.07, 6.45) is 1.40. The molecule has 23 heavy (non-hydrogen) atoms. The highest BCUT2D eigenvalue weighted by molar-refractivity contribution is 7.98. The highest BCUT2D eigenvalue weighted by atomic mass is 32.2. The number of aromatic nitrogens is 4. The molecule has 0 radical (unpaired) electrons. The van der Waals surface area contributed by atoms with Crippen LogP contribution in [0.2, 0.25) is 0 Å². The second-order valence-electron chi connectivity index (χ2n) is 4.73. The van der Waals surface area contributed by atoms with Crippen molar-refractivity contribution in [1.82, 2.24) is 20.1 Å². The van der Waals surface area contributed by atoms with Crippen molar-refractivity contribution >= 4 is 17.6 Å². The number of nitrogens with zero attached hydrogens (tertiary/aromatic N) is 5. The zero-order chi connectivity index (χ0) is 16.2. The third-order valence-electron chi connectivity index (χ3n) is 3.01. The van der Waals surface area contributed by atoms with Crippen molar-refractivity contribution in [3.8, 4) is 17.5 Å². The van der Waals surface area contributed by atoms with Crippen molar-refractivity contribution in [2.24, 2.45) is 0 Å². The van der Waals surface area contributed by atoms with Crippen molar-refractivity contribution in [3.05, 3.63) is 47.4 Å². The molecular weight excluding hydrogens is 312 g/mol. The van der Waals surface area contributed by atoms with E-state index in [9.17, 15) is 0 Å². The van der Waals surface area contributed by atoms with Gasteiger partial charge in [0.25, 0.3) is 5.89 Å². The van der Waals surface area contributed by atoms with Crippen LogP contribution in [0.25, 0.3) is 11.5 Å². The maximum atomic E-state index is 8.80. The lowest BCUT2D eigenvalue weighted by atomic mass is 10.1. The Kier molecular flexibility index (Phi) is 4.21. The van der Waals surface area contributed by atoms with Crippen LogP contribution in [0, 0.1) is 18.3 Å². The highest BCUT2D eigenvalue weighted by Crippen LogP contribution is 2.22. The zero-order valence-corrected chi connectivity index (χ0v) is 13.0. The number of nitrogens with two attached hydrogens (primary N) is 1. The summed E-state index contributed by atoms with van der Waals surface area (Å²) in [5.41, 5.74) is 7.96. The number of nitriles is 1. The fourth-order valence-electron chi connectivity index (χ4n) is 1.79. The van der Waals surface area contributed by atoms with Gasteiger partial charge in [0.1, 0.15) is 17.5 Å². The molecule has 2 N–H and O–H groups in total. The summed E-state index contributed by atoms with van der Waals surface area (Å²) in [6, 6.07) is 9.77. The minimum atomic E-state index is 0.165. The number of hydrogen-bond donors (Lipinski definition) is 1. The largest absolute Gasteiger partial charge is 0.382 e. The van der Waals surface area contributed by atoms with E-state index in [0.29, 0.717) is 22.6 Å². The van der Waals surface area contributed by atoms with E-state index in [-0.39, 0.29) is 11.4 Å². The van der Waals surface area contributed by atoms with E-state index < -0.39 is 0 Å². The molecule has 0 amide bonds. The molecule has 1 aromatic carbocycles. The van der Waals surface area contributed by atoms with Gasteiger partial charge in [-0.3, -0.25) is 0 Å². The molecule has 0 spiro atoms. The minimum Gasteiger partial charge on any atom is -0.382 e. The Hall–Kier alpha value is -2.92. The van der Waals surface area contributed by atoms with Gasteiger partial charge in [0, 0.05) is 5.56 Å². The molecule has 2 aromatic heterocycles. The number of anilines is 1. The van der Waals surface area contributed by atoms with Crippen LogP contribution >= 0.6 is 11.8 Å². The SMILES string of the molecule is Cc1ccc(-c2nc(CSc3ncc(C#N)c(N)n3)no2)cc1. The van der Waals surface area contributed by atoms with Crippen LogP contribution in [-0.4, -0.2) is 20.1 Å². The molecule has 3 aromatic rings. The minimum absolute atomic E-state index is 0.165. The fraction of sp³-hybridized carbons (Fsp3) is 0.133. The number of benzene rings is 1. The van der Waals surface area contributed by atoms with Crippen LogP contribution in [0.5, 0.6) is 0 Å². The van der Waals surface area contributed by atoms with Crippen molar-refractivity contribution in [2.75, 3.05) is 5.73 Å². The van der Waals surface area contributed by atoms with Gasteiger partial charge in [-0.25, -0.2) is 9.97 Å². The van der Waals surface area contributed by atoms with E-state index in [4.69, 9.17) is 15.5 Å². The number of nitrogen functional groups attached to an aromatic ring is 1. The average Bonchev–Trinajstić information content (AvgIpc) is 3.03. The highest BCUT2D eigenvalue weighted by Gasteiger charge is 2.10. The Morgan fingerprint density at radius 2 is 2.04 bits per heavy atom. The predicted molar refractivity (Wildman–Crippen MR) is 85.2 cm³/mol. The molecule has 0 aliphatic carbocycles. The molecule has 8 heteroatoms. The summed E-state index contributed by atoms with van der Waals surface area (Å²) in [5.74, 6) is 1.62. The molecule has 0 fully saturated rings. The maximum absolute atomic E-state index is 8.80. The van der Waals surface area contributed by atoms with Gasteiger partial charge in [-0.15, -0.1) is 0 Å². The van der Waals surface area contributed by atoms with E-state index in [2.05, 4.69) is 20.1 Å². The first-order valence-corrected chi connectivity index (χ1v) is 7.69.